The smallest absolute Gasteiger partial charge is 0.335 e. The topological polar surface area (TPSA) is 81.1 Å². The highest BCUT2D eigenvalue weighted by Gasteiger charge is 2.12. The standard InChI is InChI=1S/C12H15N3O2/c1-7(2)6-15-10-5-8(11(16)17)3-4-9(10)14-12(15)13/h3-5,7H,6H2,1-2H3,(H2,13,14)(H,16,17). The number of hydrogen-bond acceptors (Lipinski definition) is 3. The van der Waals surface area contributed by atoms with E-state index in [9.17, 15) is 4.79 Å². The SMILES string of the molecule is CC(C)Cn1c(N)nc2ccc(C(=O)O)cc21. The van der Waals surface area contributed by atoms with Crippen molar-refractivity contribution in [1.82, 2.24) is 9.55 Å². The van der Waals surface area contributed by atoms with Crippen molar-refractivity contribution in [2.75, 3.05) is 5.73 Å². The zero-order valence-electron chi connectivity index (χ0n) is 9.84. The minimum atomic E-state index is -0.942. The second-order valence-corrected chi connectivity index (χ2v) is 4.48. The van der Waals surface area contributed by atoms with Gasteiger partial charge in [-0.05, 0) is 24.1 Å². The molecule has 0 aliphatic heterocycles. The molecule has 2 rings (SSSR count). The number of imidazole rings is 1. The van der Waals surface area contributed by atoms with E-state index in [0.717, 1.165) is 17.6 Å². The van der Waals surface area contributed by atoms with Crippen LogP contribution in [0.25, 0.3) is 11.0 Å². The van der Waals surface area contributed by atoms with E-state index in [0.29, 0.717) is 11.9 Å². The van der Waals surface area contributed by atoms with E-state index in [2.05, 4.69) is 18.8 Å². The number of carbonyl (C=O) groups is 1. The Bertz CT molecular complexity index is 572. The molecule has 90 valence electrons. The fourth-order valence-electron chi connectivity index (χ4n) is 1.83. The largest absolute Gasteiger partial charge is 0.478 e. The van der Waals surface area contributed by atoms with Crippen molar-refractivity contribution in [1.29, 1.82) is 0 Å². The van der Waals surface area contributed by atoms with Crippen LogP contribution in [0, 0.1) is 5.92 Å². The van der Waals surface area contributed by atoms with Crippen LogP contribution in [0.4, 0.5) is 5.95 Å². The van der Waals surface area contributed by atoms with Crippen molar-refractivity contribution >= 4 is 23.0 Å². The number of anilines is 1. The van der Waals surface area contributed by atoms with Gasteiger partial charge in [0.2, 0.25) is 5.95 Å². The third kappa shape index (κ3) is 2.08. The molecule has 0 saturated heterocycles. The van der Waals surface area contributed by atoms with Crippen LogP contribution in [0.5, 0.6) is 0 Å². The molecule has 0 radical (unpaired) electrons. The van der Waals surface area contributed by atoms with Gasteiger partial charge in [0.05, 0.1) is 16.6 Å². The number of carboxylic acids is 1. The summed E-state index contributed by atoms with van der Waals surface area (Å²) in [4.78, 5) is 15.1. The van der Waals surface area contributed by atoms with E-state index in [1.807, 2.05) is 4.57 Å². The Morgan fingerprint density at radius 3 is 2.82 bits per heavy atom. The molecule has 2 aromatic rings. The number of benzene rings is 1. The second kappa shape index (κ2) is 4.08. The summed E-state index contributed by atoms with van der Waals surface area (Å²) >= 11 is 0. The normalized spacial score (nSPS) is 11.2. The lowest BCUT2D eigenvalue weighted by Gasteiger charge is -2.09. The van der Waals surface area contributed by atoms with Crippen LogP contribution in [0.15, 0.2) is 18.2 Å². The van der Waals surface area contributed by atoms with Gasteiger partial charge < -0.3 is 15.4 Å². The van der Waals surface area contributed by atoms with Crippen molar-refractivity contribution < 1.29 is 9.90 Å². The van der Waals surface area contributed by atoms with Gasteiger partial charge in [0, 0.05) is 6.54 Å². The molecule has 1 aromatic carbocycles. The monoisotopic (exact) mass is 233 g/mol. The van der Waals surface area contributed by atoms with Crippen molar-refractivity contribution in [2.24, 2.45) is 5.92 Å². The van der Waals surface area contributed by atoms with Crippen LogP contribution in [-0.2, 0) is 6.54 Å². The Morgan fingerprint density at radius 1 is 1.53 bits per heavy atom. The summed E-state index contributed by atoms with van der Waals surface area (Å²) in [5, 5.41) is 8.96. The van der Waals surface area contributed by atoms with E-state index >= 15 is 0 Å². The Balaban J connectivity index is 2.60. The molecule has 0 spiro atoms. The number of nitrogen functional groups attached to an aromatic ring is 1. The molecular weight excluding hydrogens is 218 g/mol. The van der Waals surface area contributed by atoms with Crippen molar-refractivity contribution in [3.8, 4) is 0 Å². The first-order valence-electron chi connectivity index (χ1n) is 5.48. The molecule has 0 unspecified atom stereocenters. The predicted octanol–water partition coefficient (Wildman–Crippen LogP) is 1.97. The molecule has 0 aliphatic rings. The predicted molar refractivity (Wildman–Crippen MR) is 65.9 cm³/mol. The molecule has 0 bridgehead atoms. The molecule has 5 nitrogen and oxygen atoms in total. The van der Waals surface area contributed by atoms with Crippen molar-refractivity contribution in [3.63, 3.8) is 0 Å². The van der Waals surface area contributed by atoms with Crippen molar-refractivity contribution in [3.05, 3.63) is 23.8 Å². The highest BCUT2D eigenvalue weighted by molar-refractivity contribution is 5.92. The Hall–Kier alpha value is -2.04. The fourth-order valence-corrected chi connectivity index (χ4v) is 1.83. The van der Waals surface area contributed by atoms with Gasteiger partial charge in [-0.15, -0.1) is 0 Å². The van der Waals surface area contributed by atoms with Gasteiger partial charge in [-0.3, -0.25) is 0 Å². The van der Waals surface area contributed by atoms with E-state index in [1.54, 1.807) is 12.1 Å². The van der Waals surface area contributed by atoms with Gasteiger partial charge in [-0.2, -0.15) is 0 Å². The lowest BCUT2D eigenvalue weighted by molar-refractivity contribution is 0.0697. The molecule has 3 N–H and O–H groups in total. The number of aromatic carboxylic acids is 1. The molecule has 0 amide bonds. The highest BCUT2D eigenvalue weighted by atomic mass is 16.4. The van der Waals surface area contributed by atoms with Crippen LogP contribution in [0.2, 0.25) is 0 Å². The molecule has 17 heavy (non-hydrogen) atoms. The third-order valence-corrected chi connectivity index (χ3v) is 2.57. The maximum Gasteiger partial charge on any atom is 0.335 e. The molecule has 1 aromatic heterocycles. The number of fused-ring (bicyclic) bond motifs is 1. The highest BCUT2D eigenvalue weighted by Crippen LogP contribution is 2.20. The molecule has 0 atom stereocenters. The summed E-state index contributed by atoms with van der Waals surface area (Å²) in [6.07, 6.45) is 0. The first-order valence-corrected chi connectivity index (χ1v) is 5.48. The minimum absolute atomic E-state index is 0.252. The molecule has 0 aliphatic carbocycles. The van der Waals surface area contributed by atoms with Gasteiger partial charge in [-0.1, -0.05) is 13.8 Å². The van der Waals surface area contributed by atoms with Crippen LogP contribution < -0.4 is 5.73 Å². The van der Waals surface area contributed by atoms with E-state index in [-0.39, 0.29) is 5.56 Å². The van der Waals surface area contributed by atoms with Gasteiger partial charge >= 0.3 is 5.97 Å². The van der Waals surface area contributed by atoms with Gasteiger partial charge in [0.1, 0.15) is 0 Å². The minimum Gasteiger partial charge on any atom is -0.478 e. The maximum absolute atomic E-state index is 10.9. The molecule has 0 saturated carbocycles. The average Bonchev–Trinajstić information content (AvgIpc) is 2.54. The van der Waals surface area contributed by atoms with E-state index in [1.165, 1.54) is 6.07 Å². The lowest BCUT2D eigenvalue weighted by atomic mass is 10.2. The van der Waals surface area contributed by atoms with Crippen LogP contribution in [0.3, 0.4) is 0 Å². The van der Waals surface area contributed by atoms with Crippen LogP contribution in [-0.4, -0.2) is 20.6 Å². The number of nitrogens with zero attached hydrogens (tertiary/aromatic N) is 2. The Morgan fingerprint density at radius 2 is 2.24 bits per heavy atom. The average molecular weight is 233 g/mol. The van der Waals surface area contributed by atoms with Gasteiger partial charge in [0.25, 0.3) is 0 Å². The van der Waals surface area contributed by atoms with E-state index < -0.39 is 5.97 Å². The van der Waals surface area contributed by atoms with Crippen LogP contribution in [0.1, 0.15) is 24.2 Å². The third-order valence-electron chi connectivity index (χ3n) is 2.57. The summed E-state index contributed by atoms with van der Waals surface area (Å²) in [6.45, 7) is 4.88. The summed E-state index contributed by atoms with van der Waals surface area (Å²) in [5.74, 6) is -0.0952. The quantitative estimate of drug-likeness (QED) is 0.849. The first-order chi connectivity index (χ1) is 7.99. The van der Waals surface area contributed by atoms with Gasteiger partial charge in [0.15, 0.2) is 0 Å². The Labute approximate surface area is 98.9 Å². The fraction of sp³-hybridized carbons (Fsp3) is 0.333. The van der Waals surface area contributed by atoms with Crippen molar-refractivity contribution in [2.45, 2.75) is 20.4 Å². The summed E-state index contributed by atoms with van der Waals surface area (Å²) in [5.41, 5.74) is 7.59. The second-order valence-electron chi connectivity index (χ2n) is 4.48. The number of nitrogens with two attached hydrogens (primary N) is 1. The number of hydrogen-bond donors (Lipinski definition) is 2. The molecule has 0 fully saturated rings. The van der Waals surface area contributed by atoms with Crippen LogP contribution >= 0.6 is 0 Å². The lowest BCUT2D eigenvalue weighted by Crippen LogP contribution is -2.08. The summed E-state index contributed by atoms with van der Waals surface area (Å²) < 4.78 is 1.85. The van der Waals surface area contributed by atoms with Gasteiger partial charge in [-0.25, -0.2) is 9.78 Å². The Kier molecular flexibility index (Phi) is 2.75. The zero-order valence-corrected chi connectivity index (χ0v) is 9.84. The molecule has 5 heteroatoms. The number of carboxylic acid groups (broad SMARTS) is 1. The molecular formula is C12H15N3O2. The summed E-state index contributed by atoms with van der Waals surface area (Å²) in [6, 6.07) is 4.84. The maximum atomic E-state index is 10.9. The first kappa shape index (κ1) is 11.4. The molecule has 1 heterocycles. The number of rotatable bonds is 3. The summed E-state index contributed by atoms with van der Waals surface area (Å²) in [7, 11) is 0. The zero-order chi connectivity index (χ0) is 12.6. The number of aromatic nitrogens is 2. The van der Waals surface area contributed by atoms with E-state index in [4.69, 9.17) is 10.8 Å².